The zero-order chi connectivity index (χ0) is 21.2. The Bertz CT molecular complexity index is 1280. The first kappa shape index (κ1) is 20.0. The van der Waals surface area contributed by atoms with Gasteiger partial charge in [0.15, 0.2) is 0 Å². The molecule has 0 atom stereocenters. The van der Waals surface area contributed by atoms with E-state index in [2.05, 4.69) is 4.98 Å². The number of amides is 1. The lowest BCUT2D eigenvalue weighted by atomic mass is 9.98. The highest BCUT2D eigenvalue weighted by Gasteiger charge is 2.26. The van der Waals surface area contributed by atoms with E-state index in [1.165, 1.54) is 18.2 Å². The molecule has 0 aliphatic rings. The maximum Gasteiger partial charge on any atom is 0.364 e. The summed E-state index contributed by atoms with van der Waals surface area (Å²) in [4.78, 5) is 39.5. The van der Waals surface area contributed by atoms with Crippen molar-refractivity contribution in [3.63, 3.8) is 0 Å². The monoisotopic (exact) mass is 417 g/mol. The van der Waals surface area contributed by atoms with Crippen LogP contribution in [0, 0.1) is 0 Å². The fraction of sp³-hybridized carbons (Fsp3) is 0. The van der Waals surface area contributed by atoms with Crippen LogP contribution in [0.2, 0.25) is 0 Å². The number of aromatic amines is 2. The number of H-pyrrole nitrogens is 2. The van der Waals surface area contributed by atoms with Gasteiger partial charge in [-0.25, -0.2) is 14.9 Å². The Morgan fingerprint density at radius 3 is 2.38 bits per heavy atom. The van der Waals surface area contributed by atoms with Gasteiger partial charge in [0, 0.05) is 11.8 Å². The molecule has 0 bridgehead atoms. The zero-order valence-corrected chi connectivity index (χ0v) is 15.4. The third-order valence-electron chi connectivity index (χ3n) is 3.95. The molecular weight excluding hydrogens is 402 g/mol. The number of rotatable bonds is 5. The van der Waals surface area contributed by atoms with Gasteiger partial charge in [-0.15, -0.1) is 0 Å². The lowest BCUT2D eigenvalue weighted by Gasteiger charge is -2.21. The van der Waals surface area contributed by atoms with Crippen LogP contribution < -0.4 is 26.8 Å². The van der Waals surface area contributed by atoms with E-state index in [0.29, 0.717) is 15.4 Å². The summed E-state index contributed by atoms with van der Waals surface area (Å²) in [6.07, 6.45) is 0.845. The number of nitrogen functional groups attached to an aromatic ring is 1. The molecule has 0 saturated heterocycles. The lowest BCUT2D eigenvalue weighted by Crippen LogP contribution is -2.34. The number of carbonyl (C=O) groups is 1. The number of hydrogen-bond donors (Lipinski definition) is 5. The van der Waals surface area contributed by atoms with Gasteiger partial charge >= 0.3 is 16.0 Å². The highest BCUT2D eigenvalue weighted by atomic mass is 32.2. The number of aromatic nitrogens is 2. The Balaban J connectivity index is 2.29. The molecule has 0 fully saturated rings. The van der Waals surface area contributed by atoms with Crippen molar-refractivity contribution < 1.29 is 17.8 Å². The lowest BCUT2D eigenvalue weighted by molar-refractivity contribution is 0.0954. The molecule has 0 aliphatic carbocycles. The first-order valence-electron chi connectivity index (χ1n) is 8.02. The summed E-state index contributed by atoms with van der Waals surface area (Å²) in [5.74, 6) is 4.59. The van der Waals surface area contributed by atoms with Crippen molar-refractivity contribution in [1.82, 2.24) is 15.4 Å². The smallest absolute Gasteiger partial charge is 0.312 e. The number of carbonyl (C=O) groups excluding carboxylic acids is 1. The quantitative estimate of drug-likeness (QED) is 0.171. The van der Waals surface area contributed by atoms with Crippen molar-refractivity contribution in [2.45, 2.75) is 0 Å². The van der Waals surface area contributed by atoms with Crippen LogP contribution in [0.1, 0.15) is 10.4 Å². The van der Waals surface area contributed by atoms with E-state index in [0.717, 1.165) is 6.20 Å². The van der Waals surface area contributed by atoms with Crippen LogP contribution in [0.15, 0.2) is 64.3 Å². The molecule has 1 aromatic heterocycles. The van der Waals surface area contributed by atoms with E-state index in [1.807, 2.05) is 10.4 Å². The van der Waals surface area contributed by atoms with Crippen LogP contribution in [-0.4, -0.2) is 28.8 Å². The Morgan fingerprint density at radius 2 is 1.79 bits per heavy atom. The number of benzene rings is 2. The fourth-order valence-electron chi connectivity index (χ4n) is 2.74. The van der Waals surface area contributed by atoms with Crippen molar-refractivity contribution in [2.24, 2.45) is 5.84 Å². The number of nitrogens with zero attached hydrogens (tertiary/aromatic N) is 1. The summed E-state index contributed by atoms with van der Waals surface area (Å²) in [5, 5.41) is 0. The summed E-state index contributed by atoms with van der Waals surface area (Å²) in [5.41, 5.74) is 0.375. The van der Waals surface area contributed by atoms with Gasteiger partial charge in [0.2, 0.25) is 0 Å². The van der Waals surface area contributed by atoms with Gasteiger partial charge in [-0.1, -0.05) is 30.3 Å². The van der Waals surface area contributed by atoms with Gasteiger partial charge in [-0.05, 0) is 29.3 Å². The zero-order valence-electron chi connectivity index (χ0n) is 14.6. The fourth-order valence-corrected chi connectivity index (χ4v) is 3.51. The second-order valence-electron chi connectivity index (χ2n) is 5.77. The SMILES string of the molecule is NNC(=O)c1ccc(N(c2c[nH]c(=O)[nH]c2=O)S(=O)(=O)O)cc1-c1ccccc1. The van der Waals surface area contributed by atoms with Crippen LogP contribution in [0.25, 0.3) is 11.1 Å². The van der Waals surface area contributed by atoms with Crippen molar-refractivity contribution in [2.75, 3.05) is 4.31 Å². The molecule has 0 unspecified atom stereocenters. The average Bonchev–Trinajstić information content (AvgIpc) is 2.69. The number of hydrazine groups is 1. The molecule has 11 nitrogen and oxygen atoms in total. The van der Waals surface area contributed by atoms with Crippen molar-refractivity contribution in [3.8, 4) is 11.1 Å². The topological polar surface area (TPSA) is 178 Å². The highest BCUT2D eigenvalue weighted by Crippen LogP contribution is 2.32. The molecule has 29 heavy (non-hydrogen) atoms. The molecular formula is C17H15N5O6S. The number of anilines is 2. The molecule has 2 aromatic carbocycles. The summed E-state index contributed by atoms with van der Waals surface area (Å²) in [6, 6.07) is 12.3. The normalized spacial score (nSPS) is 11.1. The summed E-state index contributed by atoms with van der Waals surface area (Å²) in [6.45, 7) is 0. The minimum Gasteiger partial charge on any atom is -0.312 e. The van der Waals surface area contributed by atoms with Gasteiger partial charge in [0.25, 0.3) is 11.5 Å². The molecule has 0 saturated carbocycles. The second-order valence-corrected chi connectivity index (χ2v) is 7.03. The Morgan fingerprint density at radius 1 is 1.10 bits per heavy atom. The van der Waals surface area contributed by atoms with E-state index in [1.54, 1.807) is 30.3 Å². The van der Waals surface area contributed by atoms with Gasteiger partial charge in [0.1, 0.15) is 5.69 Å². The average molecular weight is 417 g/mol. The number of nitrogens with one attached hydrogen (secondary N) is 3. The molecule has 1 heterocycles. The van der Waals surface area contributed by atoms with Gasteiger partial charge in [0.05, 0.1) is 5.69 Å². The van der Waals surface area contributed by atoms with E-state index < -0.39 is 33.1 Å². The summed E-state index contributed by atoms with van der Waals surface area (Å²) >= 11 is 0. The third kappa shape index (κ3) is 4.08. The van der Waals surface area contributed by atoms with Crippen LogP contribution in [0.3, 0.4) is 0 Å². The molecule has 0 aliphatic heterocycles. The van der Waals surface area contributed by atoms with Crippen molar-refractivity contribution in [3.05, 3.63) is 81.1 Å². The van der Waals surface area contributed by atoms with Gasteiger partial charge in [-0.3, -0.25) is 24.6 Å². The van der Waals surface area contributed by atoms with Gasteiger partial charge in [-0.2, -0.15) is 8.42 Å². The third-order valence-corrected chi connectivity index (χ3v) is 4.82. The predicted molar refractivity (Wildman–Crippen MR) is 105 cm³/mol. The Hall–Kier alpha value is -3.74. The maximum absolute atomic E-state index is 12.1. The summed E-state index contributed by atoms with van der Waals surface area (Å²) in [7, 11) is -4.98. The molecule has 0 radical (unpaired) electrons. The first-order chi connectivity index (χ1) is 13.7. The highest BCUT2D eigenvalue weighted by molar-refractivity contribution is 7.87. The molecule has 6 N–H and O–H groups in total. The van der Waals surface area contributed by atoms with Gasteiger partial charge < -0.3 is 4.98 Å². The second kappa shape index (κ2) is 7.71. The standard InChI is InChI=1S/C17H15N5O6S/c18-21-15(23)12-7-6-11(8-13(12)10-4-2-1-3-5-10)22(29(26,27)28)14-9-19-17(25)20-16(14)24/h1-9H,18H2,(H,21,23)(H,26,27,28)(H2,19,20,24,25). The number of nitrogens with two attached hydrogens (primary N) is 1. The molecule has 1 amide bonds. The Kier molecular flexibility index (Phi) is 5.32. The first-order valence-corrected chi connectivity index (χ1v) is 9.42. The van der Waals surface area contributed by atoms with Crippen LogP contribution in [0.5, 0.6) is 0 Å². The minimum atomic E-state index is -4.98. The van der Waals surface area contributed by atoms with Crippen LogP contribution in [-0.2, 0) is 10.3 Å². The van der Waals surface area contributed by atoms with Crippen LogP contribution >= 0.6 is 0 Å². The summed E-state index contributed by atoms with van der Waals surface area (Å²) < 4.78 is 34.1. The molecule has 3 rings (SSSR count). The molecule has 3 aromatic rings. The van der Waals surface area contributed by atoms with E-state index in [-0.39, 0.29) is 11.3 Å². The minimum absolute atomic E-state index is 0.133. The van der Waals surface area contributed by atoms with Crippen molar-refractivity contribution in [1.29, 1.82) is 0 Å². The van der Waals surface area contributed by atoms with Crippen LogP contribution in [0.4, 0.5) is 11.4 Å². The molecule has 12 heteroatoms. The maximum atomic E-state index is 12.1. The predicted octanol–water partition coefficient (Wildman–Crippen LogP) is 0.275. The largest absolute Gasteiger partial charge is 0.364 e. The molecule has 0 spiro atoms. The van der Waals surface area contributed by atoms with Crippen molar-refractivity contribution >= 4 is 27.6 Å². The Labute approximate surface area is 163 Å². The van der Waals surface area contributed by atoms with E-state index in [9.17, 15) is 27.4 Å². The molecule has 150 valence electrons. The van der Waals surface area contributed by atoms with E-state index >= 15 is 0 Å². The van der Waals surface area contributed by atoms with E-state index in [4.69, 9.17) is 5.84 Å². The number of hydrogen-bond acceptors (Lipinski definition) is 6.